The normalized spacial score (nSPS) is 21.5. The van der Waals surface area contributed by atoms with E-state index >= 15 is 0 Å². The largest absolute Gasteiger partial charge is 0.478 e. The third-order valence-electron chi connectivity index (χ3n) is 3.12. The molecule has 0 aliphatic carbocycles. The Balaban J connectivity index is 2.13. The van der Waals surface area contributed by atoms with Gasteiger partial charge in [-0.05, 0) is 25.5 Å². The number of aromatic carboxylic acids is 1. The molecule has 1 atom stereocenters. The first-order chi connectivity index (χ1) is 9.41. The van der Waals surface area contributed by atoms with Crippen LogP contribution in [0.4, 0.5) is 14.9 Å². The lowest BCUT2D eigenvalue weighted by Crippen LogP contribution is -2.48. The molecule has 1 unspecified atom stereocenters. The highest BCUT2D eigenvalue weighted by Gasteiger charge is 2.31. The van der Waals surface area contributed by atoms with Crippen LogP contribution in [-0.2, 0) is 4.74 Å². The summed E-state index contributed by atoms with van der Waals surface area (Å²) < 4.78 is 18.8. The molecule has 1 aromatic rings. The quantitative estimate of drug-likeness (QED) is 0.789. The van der Waals surface area contributed by atoms with Crippen LogP contribution in [0.25, 0.3) is 0 Å². The Hall–Kier alpha value is -2.15. The number of carboxylic acids is 1. The number of amides is 2. The predicted octanol–water partition coefficient (Wildman–Crippen LogP) is 1.82. The molecule has 0 spiro atoms. The van der Waals surface area contributed by atoms with E-state index in [4.69, 9.17) is 9.84 Å². The van der Waals surface area contributed by atoms with Crippen molar-refractivity contribution < 1.29 is 23.8 Å². The molecule has 7 heteroatoms. The van der Waals surface area contributed by atoms with Gasteiger partial charge in [-0.25, -0.2) is 14.0 Å². The molecule has 2 rings (SSSR count). The van der Waals surface area contributed by atoms with Gasteiger partial charge < -0.3 is 20.5 Å². The van der Waals surface area contributed by atoms with Crippen LogP contribution in [0.3, 0.4) is 0 Å². The summed E-state index contributed by atoms with van der Waals surface area (Å²) in [5.74, 6) is -2.11. The number of carbonyl (C=O) groups excluding carboxylic acids is 1. The molecule has 0 aromatic heterocycles. The number of hydrogen-bond donors (Lipinski definition) is 3. The summed E-state index contributed by atoms with van der Waals surface area (Å²) in [5, 5.41) is 13.9. The second-order valence-electron chi connectivity index (χ2n) is 4.91. The lowest BCUT2D eigenvalue weighted by atomic mass is 10.0. The second-order valence-corrected chi connectivity index (χ2v) is 4.91. The van der Waals surface area contributed by atoms with E-state index in [0.717, 1.165) is 6.07 Å². The third-order valence-corrected chi connectivity index (χ3v) is 3.12. The van der Waals surface area contributed by atoms with Crippen LogP contribution in [-0.4, -0.2) is 35.9 Å². The van der Waals surface area contributed by atoms with Crippen molar-refractivity contribution in [2.24, 2.45) is 0 Å². The van der Waals surface area contributed by atoms with Gasteiger partial charge in [0.25, 0.3) is 0 Å². The molecule has 0 radical (unpaired) electrons. The minimum atomic E-state index is -1.31. The summed E-state index contributed by atoms with van der Waals surface area (Å²) in [6.07, 6.45) is 0.642. The zero-order valence-corrected chi connectivity index (χ0v) is 10.9. The standard InChI is InChI=1S/C13H15FN2O4/c1-13(5-6-20-7-13)16-12(19)15-10-8(11(17)18)3-2-4-9(10)14/h2-4H,5-7H2,1H3,(H,17,18)(H2,15,16,19). The van der Waals surface area contributed by atoms with Gasteiger partial charge in [0.1, 0.15) is 5.82 Å². The molecular weight excluding hydrogens is 267 g/mol. The van der Waals surface area contributed by atoms with Gasteiger partial charge in [-0.2, -0.15) is 0 Å². The second kappa shape index (κ2) is 5.46. The van der Waals surface area contributed by atoms with Gasteiger partial charge in [0, 0.05) is 6.61 Å². The number of anilines is 1. The molecule has 1 fully saturated rings. The number of halogens is 1. The molecule has 1 aromatic carbocycles. The van der Waals surface area contributed by atoms with E-state index in [1.165, 1.54) is 12.1 Å². The van der Waals surface area contributed by atoms with E-state index in [1.807, 2.05) is 0 Å². The number of para-hydroxylation sites is 1. The lowest BCUT2D eigenvalue weighted by Gasteiger charge is -2.24. The molecule has 20 heavy (non-hydrogen) atoms. The molecule has 1 saturated heterocycles. The fourth-order valence-electron chi connectivity index (χ4n) is 2.01. The molecule has 1 aliphatic heterocycles. The van der Waals surface area contributed by atoms with Gasteiger partial charge in [-0.3, -0.25) is 0 Å². The number of ether oxygens (including phenoxy) is 1. The first kappa shape index (κ1) is 14.3. The molecule has 0 bridgehead atoms. The van der Waals surface area contributed by atoms with Crippen LogP contribution in [0.1, 0.15) is 23.7 Å². The minimum Gasteiger partial charge on any atom is -0.478 e. The lowest BCUT2D eigenvalue weighted by molar-refractivity contribution is 0.0697. The average Bonchev–Trinajstić information content (AvgIpc) is 2.77. The molecule has 1 aliphatic rings. The van der Waals surface area contributed by atoms with Crippen LogP contribution in [0.15, 0.2) is 18.2 Å². The Morgan fingerprint density at radius 1 is 1.45 bits per heavy atom. The number of urea groups is 1. The van der Waals surface area contributed by atoms with Crippen molar-refractivity contribution in [1.82, 2.24) is 5.32 Å². The zero-order chi connectivity index (χ0) is 14.8. The van der Waals surface area contributed by atoms with E-state index in [2.05, 4.69) is 10.6 Å². The van der Waals surface area contributed by atoms with Gasteiger partial charge in [-0.1, -0.05) is 6.07 Å². The average molecular weight is 282 g/mol. The highest BCUT2D eigenvalue weighted by Crippen LogP contribution is 2.21. The summed E-state index contributed by atoms with van der Waals surface area (Å²) in [6.45, 7) is 2.71. The molecule has 0 saturated carbocycles. The van der Waals surface area contributed by atoms with Crippen LogP contribution in [0, 0.1) is 5.82 Å². The highest BCUT2D eigenvalue weighted by molar-refractivity contribution is 6.00. The molecule has 6 nitrogen and oxygen atoms in total. The Morgan fingerprint density at radius 3 is 2.80 bits per heavy atom. The molecule has 1 heterocycles. The maximum Gasteiger partial charge on any atom is 0.337 e. The van der Waals surface area contributed by atoms with E-state index in [-0.39, 0.29) is 11.3 Å². The molecule has 2 amide bonds. The summed E-state index contributed by atoms with van der Waals surface area (Å²) in [5.41, 5.74) is -1.17. The maximum atomic E-state index is 13.6. The van der Waals surface area contributed by atoms with Crippen LogP contribution >= 0.6 is 0 Å². The van der Waals surface area contributed by atoms with Crippen LogP contribution in [0.5, 0.6) is 0 Å². The topological polar surface area (TPSA) is 87.7 Å². The van der Waals surface area contributed by atoms with Crippen molar-refractivity contribution in [2.45, 2.75) is 18.9 Å². The van der Waals surface area contributed by atoms with Crippen LogP contribution in [0.2, 0.25) is 0 Å². The summed E-state index contributed by atoms with van der Waals surface area (Å²) in [7, 11) is 0. The van der Waals surface area contributed by atoms with Crippen molar-refractivity contribution >= 4 is 17.7 Å². The highest BCUT2D eigenvalue weighted by atomic mass is 19.1. The number of rotatable bonds is 3. The number of carbonyl (C=O) groups is 2. The van der Waals surface area contributed by atoms with Gasteiger partial charge >= 0.3 is 12.0 Å². The van der Waals surface area contributed by atoms with Crippen molar-refractivity contribution in [3.05, 3.63) is 29.6 Å². The molecule has 108 valence electrons. The summed E-state index contributed by atoms with van der Waals surface area (Å²) in [6, 6.07) is 2.92. The van der Waals surface area contributed by atoms with Gasteiger partial charge in [0.15, 0.2) is 0 Å². The van der Waals surface area contributed by atoms with Crippen molar-refractivity contribution in [3.63, 3.8) is 0 Å². The monoisotopic (exact) mass is 282 g/mol. The Morgan fingerprint density at radius 2 is 2.20 bits per heavy atom. The summed E-state index contributed by atoms with van der Waals surface area (Å²) in [4.78, 5) is 22.9. The van der Waals surface area contributed by atoms with Gasteiger partial charge in [0.2, 0.25) is 0 Å². The molecular formula is C13H15FN2O4. The fraction of sp³-hybridized carbons (Fsp3) is 0.385. The van der Waals surface area contributed by atoms with E-state index in [9.17, 15) is 14.0 Å². The Kier molecular flexibility index (Phi) is 3.89. The van der Waals surface area contributed by atoms with Crippen molar-refractivity contribution in [2.75, 3.05) is 18.5 Å². The minimum absolute atomic E-state index is 0.298. The Labute approximate surface area is 114 Å². The zero-order valence-electron chi connectivity index (χ0n) is 10.9. The first-order valence-electron chi connectivity index (χ1n) is 6.10. The van der Waals surface area contributed by atoms with E-state index in [1.54, 1.807) is 6.92 Å². The van der Waals surface area contributed by atoms with Gasteiger partial charge in [0.05, 0.1) is 23.4 Å². The SMILES string of the molecule is CC1(NC(=O)Nc2c(F)cccc2C(=O)O)CCOC1. The smallest absolute Gasteiger partial charge is 0.337 e. The number of carboxylic acid groups (broad SMARTS) is 1. The van der Waals surface area contributed by atoms with E-state index in [0.29, 0.717) is 19.6 Å². The third kappa shape index (κ3) is 3.05. The Bertz CT molecular complexity index is 541. The van der Waals surface area contributed by atoms with Crippen LogP contribution < -0.4 is 10.6 Å². The van der Waals surface area contributed by atoms with Crippen molar-refractivity contribution in [1.29, 1.82) is 0 Å². The predicted molar refractivity (Wildman–Crippen MR) is 69.4 cm³/mol. The number of benzene rings is 1. The number of nitrogens with one attached hydrogen (secondary N) is 2. The van der Waals surface area contributed by atoms with E-state index < -0.39 is 23.4 Å². The van der Waals surface area contributed by atoms with Gasteiger partial charge in [-0.15, -0.1) is 0 Å². The fourth-order valence-corrected chi connectivity index (χ4v) is 2.01. The molecule has 3 N–H and O–H groups in total. The number of hydrogen-bond acceptors (Lipinski definition) is 3. The first-order valence-corrected chi connectivity index (χ1v) is 6.10. The van der Waals surface area contributed by atoms with Crippen molar-refractivity contribution in [3.8, 4) is 0 Å². The summed E-state index contributed by atoms with van der Waals surface area (Å²) >= 11 is 0. The maximum absolute atomic E-state index is 13.6.